The van der Waals surface area contributed by atoms with Crippen LogP contribution in [0.3, 0.4) is 0 Å². The Labute approximate surface area is 105 Å². The molecule has 4 nitrogen and oxygen atoms in total. The summed E-state index contributed by atoms with van der Waals surface area (Å²) in [6.07, 6.45) is 6.86. The van der Waals surface area contributed by atoms with E-state index in [0.29, 0.717) is 11.3 Å². The van der Waals surface area contributed by atoms with Gasteiger partial charge in [-0.2, -0.15) is 0 Å². The zero-order valence-electron chi connectivity index (χ0n) is 9.19. The maximum absolute atomic E-state index is 5.62. The van der Waals surface area contributed by atoms with Crippen molar-refractivity contribution in [1.29, 1.82) is 0 Å². The highest BCUT2D eigenvalue weighted by atomic mass is 35.5. The summed E-state index contributed by atoms with van der Waals surface area (Å²) in [5.41, 5.74) is 1.08. The molecule has 0 aliphatic carbocycles. The Morgan fingerprint density at radius 3 is 2.94 bits per heavy atom. The highest BCUT2D eigenvalue weighted by Crippen LogP contribution is 2.16. The SMILES string of the molecule is CSN1CC[C@@H](NCc2cnc(Cl)nc2)C1. The lowest BCUT2D eigenvalue weighted by Crippen LogP contribution is -2.30. The van der Waals surface area contributed by atoms with Crippen molar-refractivity contribution in [3.63, 3.8) is 0 Å². The van der Waals surface area contributed by atoms with Gasteiger partial charge in [-0.05, 0) is 24.3 Å². The molecule has 0 unspecified atom stereocenters. The molecule has 16 heavy (non-hydrogen) atoms. The summed E-state index contributed by atoms with van der Waals surface area (Å²) in [4.78, 5) is 7.91. The Morgan fingerprint density at radius 1 is 1.56 bits per heavy atom. The molecule has 1 saturated heterocycles. The molecule has 0 saturated carbocycles. The number of hydrogen-bond donors (Lipinski definition) is 1. The molecule has 1 atom stereocenters. The maximum atomic E-state index is 5.62. The van der Waals surface area contributed by atoms with Gasteiger partial charge in [0.2, 0.25) is 5.28 Å². The number of aromatic nitrogens is 2. The van der Waals surface area contributed by atoms with Gasteiger partial charge in [0.05, 0.1) is 0 Å². The molecule has 0 radical (unpaired) electrons. The van der Waals surface area contributed by atoms with Crippen LogP contribution in [0.4, 0.5) is 0 Å². The summed E-state index contributed by atoms with van der Waals surface area (Å²) in [5.74, 6) is 0. The lowest BCUT2D eigenvalue weighted by Gasteiger charge is -2.13. The van der Waals surface area contributed by atoms with Crippen LogP contribution in [-0.4, -0.2) is 39.7 Å². The van der Waals surface area contributed by atoms with Crippen molar-refractivity contribution in [1.82, 2.24) is 19.6 Å². The van der Waals surface area contributed by atoms with Gasteiger partial charge < -0.3 is 5.32 Å². The fourth-order valence-electron chi connectivity index (χ4n) is 1.75. The Hall–Kier alpha value is -0.360. The summed E-state index contributed by atoms with van der Waals surface area (Å²) < 4.78 is 2.37. The molecule has 88 valence electrons. The molecular formula is C10H15ClN4S. The third-order valence-corrected chi connectivity index (χ3v) is 3.72. The molecular weight excluding hydrogens is 244 g/mol. The monoisotopic (exact) mass is 258 g/mol. The first-order valence-corrected chi connectivity index (χ1v) is 6.83. The van der Waals surface area contributed by atoms with Crippen LogP contribution in [0.25, 0.3) is 0 Å². The maximum Gasteiger partial charge on any atom is 0.222 e. The molecule has 1 aliphatic rings. The van der Waals surface area contributed by atoms with Gasteiger partial charge in [0.1, 0.15) is 0 Å². The molecule has 2 rings (SSSR count). The minimum Gasteiger partial charge on any atom is -0.308 e. The molecule has 1 N–H and O–H groups in total. The van der Waals surface area contributed by atoms with Crippen molar-refractivity contribution in [3.8, 4) is 0 Å². The normalized spacial score (nSPS) is 21.5. The molecule has 1 aliphatic heterocycles. The highest BCUT2D eigenvalue weighted by molar-refractivity contribution is 7.96. The van der Waals surface area contributed by atoms with E-state index < -0.39 is 0 Å². The second-order valence-corrected chi connectivity index (χ2v) is 5.02. The lowest BCUT2D eigenvalue weighted by molar-refractivity contribution is 0.510. The first-order chi connectivity index (χ1) is 7.78. The summed E-state index contributed by atoms with van der Waals surface area (Å²) >= 11 is 7.44. The molecule has 0 spiro atoms. The topological polar surface area (TPSA) is 41.0 Å². The van der Waals surface area contributed by atoms with Crippen molar-refractivity contribution < 1.29 is 0 Å². The number of halogens is 1. The van der Waals surface area contributed by atoms with Gasteiger partial charge in [-0.3, -0.25) is 0 Å². The van der Waals surface area contributed by atoms with Gasteiger partial charge in [-0.1, -0.05) is 11.9 Å². The number of nitrogens with one attached hydrogen (secondary N) is 1. The Balaban J connectivity index is 1.77. The smallest absolute Gasteiger partial charge is 0.222 e. The van der Waals surface area contributed by atoms with Crippen molar-refractivity contribution in [2.75, 3.05) is 19.3 Å². The van der Waals surface area contributed by atoms with Crippen molar-refractivity contribution in [3.05, 3.63) is 23.2 Å². The van der Waals surface area contributed by atoms with Gasteiger partial charge in [-0.25, -0.2) is 14.3 Å². The van der Waals surface area contributed by atoms with E-state index >= 15 is 0 Å². The van der Waals surface area contributed by atoms with E-state index in [-0.39, 0.29) is 0 Å². The quantitative estimate of drug-likeness (QED) is 0.656. The zero-order valence-corrected chi connectivity index (χ0v) is 10.8. The van der Waals surface area contributed by atoms with E-state index in [4.69, 9.17) is 11.6 Å². The van der Waals surface area contributed by atoms with Gasteiger partial charge in [0.15, 0.2) is 0 Å². The summed E-state index contributed by atoms with van der Waals surface area (Å²) in [5, 5.41) is 3.81. The first kappa shape index (κ1) is 12.1. The van der Waals surface area contributed by atoms with E-state index in [1.165, 1.54) is 6.42 Å². The summed E-state index contributed by atoms with van der Waals surface area (Å²) in [6, 6.07) is 0.572. The van der Waals surface area contributed by atoms with Crippen LogP contribution in [0.5, 0.6) is 0 Å². The fourth-order valence-corrected chi connectivity index (χ4v) is 2.47. The second kappa shape index (κ2) is 5.82. The average molecular weight is 259 g/mol. The minimum atomic E-state index is 0.304. The van der Waals surface area contributed by atoms with Crippen molar-refractivity contribution >= 4 is 23.5 Å². The van der Waals surface area contributed by atoms with Crippen LogP contribution in [0, 0.1) is 0 Å². The molecule has 0 amide bonds. The minimum absolute atomic E-state index is 0.304. The zero-order chi connectivity index (χ0) is 11.4. The van der Waals surface area contributed by atoms with Crippen molar-refractivity contribution in [2.24, 2.45) is 0 Å². The second-order valence-electron chi connectivity index (χ2n) is 3.80. The van der Waals surface area contributed by atoms with Gasteiger partial charge in [-0.15, -0.1) is 0 Å². The number of nitrogens with zero attached hydrogens (tertiary/aromatic N) is 3. The van der Waals surface area contributed by atoms with Gasteiger partial charge >= 0.3 is 0 Å². The van der Waals surface area contributed by atoms with E-state index in [1.807, 2.05) is 11.9 Å². The van der Waals surface area contributed by atoms with Crippen LogP contribution in [0.1, 0.15) is 12.0 Å². The van der Waals surface area contributed by atoms with Crippen LogP contribution in [0.15, 0.2) is 12.4 Å². The fraction of sp³-hybridized carbons (Fsp3) is 0.600. The highest BCUT2D eigenvalue weighted by Gasteiger charge is 2.20. The third kappa shape index (κ3) is 3.31. The lowest BCUT2D eigenvalue weighted by atomic mass is 10.2. The van der Waals surface area contributed by atoms with Crippen LogP contribution in [-0.2, 0) is 6.54 Å². The van der Waals surface area contributed by atoms with Crippen LogP contribution >= 0.6 is 23.5 Å². The van der Waals surface area contributed by atoms with E-state index in [1.54, 1.807) is 12.4 Å². The molecule has 6 heteroatoms. The molecule has 1 fully saturated rings. The predicted molar refractivity (Wildman–Crippen MR) is 67.4 cm³/mol. The Bertz CT molecular complexity index is 332. The molecule has 2 heterocycles. The third-order valence-electron chi connectivity index (χ3n) is 2.68. The van der Waals surface area contributed by atoms with E-state index in [9.17, 15) is 0 Å². The van der Waals surface area contributed by atoms with E-state index in [0.717, 1.165) is 25.2 Å². The number of rotatable bonds is 4. The largest absolute Gasteiger partial charge is 0.308 e. The summed E-state index contributed by atoms with van der Waals surface area (Å²) in [6.45, 7) is 3.08. The molecule has 0 aromatic carbocycles. The van der Waals surface area contributed by atoms with Gasteiger partial charge in [0, 0.05) is 43.6 Å². The van der Waals surface area contributed by atoms with Gasteiger partial charge in [0.25, 0.3) is 0 Å². The summed E-state index contributed by atoms with van der Waals surface area (Å²) in [7, 11) is 0. The molecule has 0 bridgehead atoms. The van der Waals surface area contributed by atoms with E-state index in [2.05, 4.69) is 25.8 Å². The first-order valence-electron chi connectivity index (χ1n) is 5.27. The standard InChI is InChI=1S/C10H15ClN4S/c1-16-15-3-2-9(7-15)12-4-8-5-13-10(11)14-6-8/h5-6,9,12H,2-4,7H2,1H3/t9-/m1/s1. The van der Waals surface area contributed by atoms with Crippen molar-refractivity contribution in [2.45, 2.75) is 19.0 Å². The number of hydrogen-bond acceptors (Lipinski definition) is 5. The molecule has 1 aromatic rings. The van der Waals surface area contributed by atoms with Crippen LogP contribution < -0.4 is 5.32 Å². The Morgan fingerprint density at radius 2 is 2.31 bits per heavy atom. The average Bonchev–Trinajstić information content (AvgIpc) is 2.76. The Kier molecular flexibility index (Phi) is 4.40. The molecule has 1 aromatic heterocycles. The predicted octanol–water partition coefficient (Wildman–Crippen LogP) is 1.57. The van der Waals surface area contributed by atoms with Crippen LogP contribution in [0.2, 0.25) is 5.28 Å².